The SMILES string of the molecule is CCCCCCCCCCCCOn1c(F)c(Br)c2cncc-2c1Br. The van der Waals surface area contributed by atoms with Crippen molar-refractivity contribution in [2.75, 3.05) is 6.61 Å². The lowest BCUT2D eigenvalue weighted by molar-refractivity contribution is 0.0736. The van der Waals surface area contributed by atoms with Crippen LogP contribution in [0.4, 0.5) is 4.39 Å². The van der Waals surface area contributed by atoms with Crippen molar-refractivity contribution < 1.29 is 9.23 Å². The third kappa shape index (κ3) is 5.95. The van der Waals surface area contributed by atoms with E-state index >= 15 is 0 Å². The second-order valence-corrected chi connectivity index (χ2v) is 7.98. The first-order valence-corrected chi connectivity index (χ1v) is 10.9. The molecule has 2 rings (SSSR count). The molecule has 6 heteroatoms. The zero-order valence-corrected chi connectivity index (χ0v) is 18.0. The summed E-state index contributed by atoms with van der Waals surface area (Å²) in [6, 6.07) is 0. The Bertz CT molecular complexity index is 618. The zero-order valence-electron chi connectivity index (χ0n) is 14.9. The van der Waals surface area contributed by atoms with Gasteiger partial charge < -0.3 is 4.84 Å². The van der Waals surface area contributed by atoms with Gasteiger partial charge in [-0.05, 0) is 44.7 Å². The molecule has 3 nitrogen and oxygen atoms in total. The van der Waals surface area contributed by atoms with Gasteiger partial charge in [-0.1, -0.05) is 58.3 Å². The third-order valence-corrected chi connectivity index (χ3v) is 5.92. The molecule has 0 atom stereocenters. The highest BCUT2D eigenvalue weighted by Crippen LogP contribution is 2.37. The van der Waals surface area contributed by atoms with Crippen LogP contribution in [-0.2, 0) is 0 Å². The Hall–Kier alpha value is -0.620. The lowest BCUT2D eigenvalue weighted by Crippen LogP contribution is -2.19. The van der Waals surface area contributed by atoms with Crippen LogP contribution in [0.1, 0.15) is 71.1 Å². The summed E-state index contributed by atoms with van der Waals surface area (Å²) in [5.41, 5.74) is 1.57. The van der Waals surface area contributed by atoms with E-state index in [-0.39, 0.29) is 0 Å². The molecule has 0 aromatic heterocycles. The predicted octanol–water partition coefficient (Wildman–Crippen LogP) is 7.00. The average Bonchev–Trinajstić information content (AvgIpc) is 3.10. The van der Waals surface area contributed by atoms with E-state index < -0.39 is 5.95 Å². The first kappa shape index (κ1) is 20.7. The first-order chi connectivity index (χ1) is 12.2. The molecule has 2 aliphatic heterocycles. The molecular formula is C19H27Br2FN2O. The van der Waals surface area contributed by atoms with E-state index in [4.69, 9.17) is 4.84 Å². The van der Waals surface area contributed by atoms with Crippen LogP contribution in [0.5, 0.6) is 0 Å². The van der Waals surface area contributed by atoms with Gasteiger partial charge in [-0.15, -0.1) is 4.73 Å². The van der Waals surface area contributed by atoms with E-state index in [0.29, 0.717) is 15.7 Å². The maximum absolute atomic E-state index is 14.4. The molecule has 0 aromatic rings. The summed E-state index contributed by atoms with van der Waals surface area (Å²) in [4.78, 5) is 9.71. The number of hydrogen-bond donors (Lipinski definition) is 0. The number of fused-ring (bicyclic) bond motifs is 1. The van der Waals surface area contributed by atoms with Crippen molar-refractivity contribution in [2.45, 2.75) is 71.1 Å². The molecule has 0 radical (unpaired) electrons. The standard InChI is InChI=1S/C19H27Br2FN2O/c1-2-3-4-5-6-7-8-9-10-11-12-25-24-18(21)16-14-23-13-15(16)17(20)19(24)22/h13-14H,2-12H2,1H3. The summed E-state index contributed by atoms with van der Waals surface area (Å²) in [5.74, 6) is -0.445. The summed E-state index contributed by atoms with van der Waals surface area (Å²) in [5, 5.41) is 0. The Labute approximate surface area is 166 Å². The topological polar surface area (TPSA) is 27.1 Å². The van der Waals surface area contributed by atoms with Crippen LogP contribution in [-0.4, -0.2) is 16.3 Å². The fourth-order valence-electron chi connectivity index (χ4n) is 2.92. The second kappa shape index (κ2) is 11.2. The molecule has 0 saturated heterocycles. The third-order valence-electron chi connectivity index (χ3n) is 4.41. The van der Waals surface area contributed by atoms with Gasteiger partial charge >= 0.3 is 0 Å². The van der Waals surface area contributed by atoms with E-state index in [0.717, 1.165) is 24.0 Å². The fraction of sp³-hybridized carbons (Fsp3) is 0.632. The Morgan fingerprint density at radius 3 is 2.12 bits per heavy atom. The van der Waals surface area contributed by atoms with Crippen LogP contribution in [0.3, 0.4) is 0 Å². The van der Waals surface area contributed by atoms with Crippen LogP contribution in [0, 0.1) is 5.95 Å². The molecule has 0 aromatic carbocycles. The molecule has 0 spiro atoms. The monoisotopic (exact) mass is 476 g/mol. The Morgan fingerprint density at radius 1 is 0.920 bits per heavy atom. The van der Waals surface area contributed by atoms with Gasteiger partial charge in [-0.2, -0.15) is 4.39 Å². The minimum atomic E-state index is -0.445. The molecule has 0 amide bonds. The van der Waals surface area contributed by atoms with Gasteiger partial charge in [0.2, 0.25) is 5.95 Å². The number of hydrogen-bond acceptors (Lipinski definition) is 2. The number of rotatable bonds is 12. The van der Waals surface area contributed by atoms with Crippen molar-refractivity contribution in [1.29, 1.82) is 0 Å². The Kier molecular flexibility index (Phi) is 9.24. The van der Waals surface area contributed by atoms with Crippen molar-refractivity contribution in [2.24, 2.45) is 0 Å². The van der Waals surface area contributed by atoms with Crippen molar-refractivity contribution in [3.8, 4) is 11.1 Å². The Morgan fingerprint density at radius 2 is 1.48 bits per heavy atom. The Balaban J connectivity index is 1.66. The average molecular weight is 478 g/mol. The summed E-state index contributed by atoms with van der Waals surface area (Å²) in [6.07, 6.45) is 16.0. The first-order valence-electron chi connectivity index (χ1n) is 9.29. The number of halogens is 3. The van der Waals surface area contributed by atoms with Gasteiger partial charge in [-0.3, -0.25) is 4.98 Å². The summed E-state index contributed by atoms with van der Waals surface area (Å²) in [6.45, 7) is 2.75. The van der Waals surface area contributed by atoms with Gasteiger partial charge in [-0.25, -0.2) is 0 Å². The lowest BCUT2D eigenvalue weighted by Gasteiger charge is -2.17. The van der Waals surface area contributed by atoms with E-state index in [1.165, 1.54) is 56.1 Å². The molecular weight excluding hydrogens is 451 g/mol. The quantitative estimate of drug-likeness (QED) is 0.243. The molecule has 2 heterocycles. The maximum atomic E-state index is 14.4. The lowest BCUT2D eigenvalue weighted by atomic mass is 10.1. The minimum Gasteiger partial charge on any atom is -0.410 e. The molecule has 0 fully saturated rings. The zero-order chi connectivity index (χ0) is 18.1. The fourth-order valence-corrected chi connectivity index (χ4v) is 3.97. The molecule has 0 saturated carbocycles. The van der Waals surface area contributed by atoms with Crippen LogP contribution in [0.25, 0.3) is 11.1 Å². The molecule has 2 aliphatic rings. The van der Waals surface area contributed by atoms with Gasteiger partial charge in [0.05, 0.1) is 4.47 Å². The number of nitrogens with zero attached hydrogens (tertiary/aromatic N) is 2. The van der Waals surface area contributed by atoms with Crippen LogP contribution in [0.15, 0.2) is 21.5 Å². The van der Waals surface area contributed by atoms with E-state index in [1.807, 2.05) is 0 Å². The molecule has 140 valence electrons. The van der Waals surface area contributed by atoms with Gasteiger partial charge in [0.25, 0.3) is 0 Å². The van der Waals surface area contributed by atoms with E-state index in [1.54, 1.807) is 12.4 Å². The number of unbranched alkanes of at least 4 members (excludes halogenated alkanes) is 9. The van der Waals surface area contributed by atoms with Crippen molar-refractivity contribution >= 4 is 31.9 Å². The number of aromatic nitrogens is 2. The largest absolute Gasteiger partial charge is 0.410 e. The highest BCUT2D eigenvalue weighted by Gasteiger charge is 2.21. The summed E-state index contributed by atoms with van der Waals surface area (Å²) < 4.78 is 16.6. The molecule has 25 heavy (non-hydrogen) atoms. The molecule has 0 bridgehead atoms. The van der Waals surface area contributed by atoms with Gasteiger partial charge in [0.15, 0.2) is 0 Å². The van der Waals surface area contributed by atoms with E-state index in [9.17, 15) is 4.39 Å². The molecule has 0 N–H and O–H groups in total. The van der Waals surface area contributed by atoms with E-state index in [2.05, 4.69) is 43.8 Å². The predicted molar refractivity (Wildman–Crippen MR) is 107 cm³/mol. The minimum absolute atomic E-state index is 0.381. The molecule has 0 aliphatic carbocycles. The van der Waals surface area contributed by atoms with Gasteiger partial charge in [0, 0.05) is 23.5 Å². The smallest absolute Gasteiger partial charge is 0.243 e. The van der Waals surface area contributed by atoms with Crippen molar-refractivity contribution in [3.63, 3.8) is 0 Å². The normalized spacial score (nSPS) is 11.4. The van der Waals surface area contributed by atoms with Crippen LogP contribution >= 0.6 is 31.9 Å². The van der Waals surface area contributed by atoms with Crippen molar-refractivity contribution in [3.05, 3.63) is 27.4 Å². The van der Waals surface area contributed by atoms with Crippen LogP contribution in [0.2, 0.25) is 0 Å². The molecule has 0 unspecified atom stereocenters. The van der Waals surface area contributed by atoms with Crippen molar-refractivity contribution in [1.82, 2.24) is 9.71 Å². The highest BCUT2D eigenvalue weighted by molar-refractivity contribution is 9.11. The second-order valence-electron chi connectivity index (χ2n) is 6.44. The van der Waals surface area contributed by atoms with Gasteiger partial charge in [0.1, 0.15) is 11.2 Å². The summed E-state index contributed by atoms with van der Waals surface area (Å²) in [7, 11) is 0. The summed E-state index contributed by atoms with van der Waals surface area (Å²) >= 11 is 6.69. The highest BCUT2D eigenvalue weighted by atomic mass is 79.9. The van der Waals surface area contributed by atoms with Crippen LogP contribution < -0.4 is 4.84 Å². The number of pyridine rings is 1. The maximum Gasteiger partial charge on any atom is 0.243 e.